The topological polar surface area (TPSA) is 50.2 Å². The van der Waals surface area contributed by atoms with Gasteiger partial charge in [-0.05, 0) is 36.4 Å². The van der Waals surface area contributed by atoms with Crippen LogP contribution >= 0.6 is 0 Å². The summed E-state index contributed by atoms with van der Waals surface area (Å²) in [7, 11) is 0. The van der Waals surface area contributed by atoms with Gasteiger partial charge in [0.05, 0.1) is 16.6 Å². The second-order valence-corrected chi connectivity index (χ2v) is 5.69. The molecule has 0 amide bonds. The number of rotatable bonds is 2. The van der Waals surface area contributed by atoms with Crippen LogP contribution in [0.3, 0.4) is 0 Å². The van der Waals surface area contributed by atoms with Gasteiger partial charge in [-0.1, -0.05) is 12.1 Å². The average molecular weight is 306 g/mol. The molecule has 5 heteroatoms. The minimum atomic E-state index is -0.0366. The van der Waals surface area contributed by atoms with E-state index in [1.807, 2.05) is 36.4 Å². The number of benzene rings is 2. The van der Waals surface area contributed by atoms with E-state index in [4.69, 9.17) is 0 Å². The molecule has 2 heterocycles. The molecule has 1 aliphatic heterocycles. The smallest absolute Gasteiger partial charge is 0.265 e. The maximum Gasteiger partial charge on any atom is 0.265 e. The molecule has 0 spiro atoms. The van der Waals surface area contributed by atoms with Crippen molar-refractivity contribution in [2.45, 2.75) is 0 Å². The third kappa shape index (κ3) is 2.59. The summed E-state index contributed by atoms with van der Waals surface area (Å²) >= 11 is 0. The summed E-state index contributed by atoms with van der Waals surface area (Å²) in [4.78, 5) is 19.3. The van der Waals surface area contributed by atoms with Gasteiger partial charge in [0.15, 0.2) is 0 Å². The van der Waals surface area contributed by atoms with Gasteiger partial charge >= 0.3 is 0 Å². The predicted molar refractivity (Wildman–Crippen MR) is 92.4 cm³/mol. The van der Waals surface area contributed by atoms with E-state index in [0.717, 1.165) is 37.4 Å². The number of anilines is 1. The summed E-state index contributed by atoms with van der Waals surface area (Å²) < 4.78 is 1.60. The SMILES string of the molecule is O=c1c2ccccc2ncn1-c1ccc(N2CCNCC2)cc1. The number of piperazine rings is 1. The molecule has 1 aliphatic rings. The zero-order chi connectivity index (χ0) is 15.6. The van der Waals surface area contributed by atoms with Crippen molar-refractivity contribution in [2.75, 3.05) is 31.1 Å². The molecule has 0 bridgehead atoms. The second-order valence-electron chi connectivity index (χ2n) is 5.69. The molecule has 23 heavy (non-hydrogen) atoms. The number of nitrogens with one attached hydrogen (secondary N) is 1. The lowest BCUT2D eigenvalue weighted by molar-refractivity contribution is 0.589. The highest BCUT2D eigenvalue weighted by molar-refractivity contribution is 5.77. The lowest BCUT2D eigenvalue weighted by Crippen LogP contribution is -2.43. The van der Waals surface area contributed by atoms with E-state index in [-0.39, 0.29) is 5.56 Å². The minimum Gasteiger partial charge on any atom is -0.369 e. The minimum absolute atomic E-state index is 0.0366. The highest BCUT2D eigenvalue weighted by atomic mass is 16.1. The van der Waals surface area contributed by atoms with Crippen LogP contribution in [0.1, 0.15) is 0 Å². The number of hydrogen-bond acceptors (Lipinski definition) is 4. The van der Waals surface area contributed by atoms with Crippen molar-refractivity contribution in [1.29, 1.82) is 0 Å². The maximum absolute atomic E-state index is 12.6. The molecule has 4 rings (SSSR count). The van der Waals surface area contributed by atoms with Gasteiger partial charge < -0.3 is 10.2 Å². The van der Waals surface area contributed by atoms with Crippen molar-refractivity contribution in [2.24, 2.45) is 0 Å². The van der Waals surface area contributed by atoms with E-state index in [2.05, 4.69) is 27.3 Å². The van der Waals surface area contributed by atoms with Crippen molar-refractivity contribution in [3.05, 3.63) is 65.2 Å². The fraction of sp³-hybridized carbons (Fsp3) is 0.222. The molecule has 0 saturated carbocycles. The van der Waals surface area contributed by atoms with Crippen LogP contribution in [0.4, 0.5) is 5.69 Å². The number of aromatic nitrogens is 2. The van der Waals surface area contributed by atoms with E-state index in [1.165, 1.54) is 5.69 Å². The quantitative estimate of drug-likeness (QED) is 0.784. The monoisotopic (exact) mass is 306 g/mol. The fourth-order valence-electron chi connectivity index (χ4n) is 3.00. The van der Waals surface area contributed by atoms with E-state index in [1.54, 1.807) is 10.9 Å². The highest BCUT2D eigenvalue weighted by Gasteiger charge is 2.11. The van der Waals surface area contributed by atoms with Crippen molar-refractivity contribution in [3.8, 4) is 5.69 Å². The highest BCUT2D eigenvalue weighted by Crippen LogP contribution is 2.17. The molecule has 0 aliphatic carbocycles. The summed E-state index contributed by atoms with van der Waals surface area (Å²) in [6, 6.07) is 15.5. The summed E-state index contributed by atoms with van der Waals surface area (Å²) in [5.74, 6) is 0. The Labute approximate surface area is 134 Å². The Bertz CT molecular complexity index is 879. The van der Waals surface area contributed by atoms with Crippen LogP contribution in [-0.2, 0) is 0 Å². The second kappa shape index (κ2) is 5.85. The van der Waals surface area contributed by atoms with Crippen LogP contribution in [0.5, 0.6) is 0 Å². The van der Waals surface area contributed by atoms with Crippen molar-refractivity contribution in [3.63, 3.8) is 0 Å². The Kier molecular flexibility index (Phi) is 3.55. The Morgan fingerprint density at radius 3 is 2.39 bits per heavy atom. The third-order valence-electron chi connectivity index (χ3n) is 4.28. The zero-order valence-electron chi connectivity index (χ0n) is 12.8. The molecule has 1 saturated heterocycles. The van der Waals surface area contributed by atoms with Gasteiger partial charge in [0.2, 0.25) is 0 Å². The Balaban J connectivity index is 1.70. The first-order chi connectivity index (χ1) is 11.3. The van der Waals surface area contributed by atoms with Crippen LogP contribution in [0.15, 0.2) is 59.7 Å². The summed E-state index contributed by atoms with van der Waals surface area (Å²) in [6.07, 6.45) is 1.60. The Hall–Kier alpha value is -2.66. The summed E-state index contributed by atoms with van der Waals surface area (Å²) in [6.45, 7) is 4.04. The first-order valence-electron chi connectivity index (χ1n) is 7.85. The number of para-hydroxylation sites is 1. The van der Waals surface area contributed by atoms with Crippen molar-refractivity contribution < 1.29 is 0 Å². The summed E-state index contributed by atoms with van der Waals surface area (Å²) in [5, 5.41) is 3.99. The molecule has 1 N–H and O–H groups in total. The molecule has 2 aromatic carbocycles. The largest absolute Gasteiger partial charge is 0.369 e. The molecule has 1 aromatic heterocycles. The standard InChI is InChI=1S/C18H18N4O/c23-18-16-3-1-2-4-17(16)20-13-22(18)15-7-5-14(6-8-15)21-11-9-19-10-12-21/h1-8,13,19H,9-12H2. The molecular formula is C18H18N4O. The van der Waals surface area contributed by atoms with E-state index in [9.17, 15) is 4.79 Å². The first-order valence-corrected chi connectivity index (χ1v) is 7.85. The molecule has 3 aromatic rings. The molecule has 116 valence electrons. The van der Waals surface area contributed by atoms with Crippen LogP contribution in [-0.4, -0.2) is 35.7 Å². The maximum atomic E-state index is 12.6. The Morgan fingerprint density at radius 1 is 0.913 bits per heavy atom. The van der Waals surface area contributed by atoms with Crippen molar-refractivity contribution >= 4 is 16.6 Å². The zero-order valence-corrected chi connectivity index (χ0v) is 12.8. The molecule has 0 unspecified atom stereocenters. The number of nitrogens with zero attached hydrogens (tertiary/aromatic N) is 3. The fourth-order valence-corrected chi connectivity index (χ4v) is 3.00. The molecule has 1 fully saturated rings. The third-order valence-corrected chi connectivity index (χ3v) is 4.28. The molecule has 0 atom stereocenters. The van der Waals surface area contributed by atoms with Gasteiger partial charge in [-0.25, -0.2) is 4.98 Å². The van der Waals surface area contributed by atoms with Gasteiger partial charge in [0.1, 0.15) is 6.33 Å². The van der Waals surface area contributed by atoms with Crippen LogP contribution < -0.4 is 15.8 Å². The van der Waals surface area contributed by atoms with E-state index >= 15 is 0 Å². The lowest BCUT2D eigenvalue weighted by atomic mass is 10.2. The van der Waals surface area contributed by atoms with Gasteiger partial charge in [0, 0.05) is 31.9 Å². The van der Waals surface area contributed by atoms with Crippen LogP contribution in [0, 0.1) is 0 Å². The number of hydrogen-bond donors (Lipinski definition) is 1. The normalized spacial score (nSPS) is 15.0. The summed E-state index contributed by atoms with van der Waals surface area (Å²) in [5.41, 5.74) is 2.72. The van der Waals surface area contributed by atoms with Gasteiger partial charge in [-0.15, -0.1) is 0 Å². The first kappa shape index (κ1) is 14.0. The van der Waals surface area contributed by atoms with Crippen LogP contribution in [0.25, 0.3) is 16.6 Å². The Morgan fingerprint density at radius 2 is 1.61 bits per heavy atom. The lowest BCUT2D eigenvalue weighted by Gasteiger charge is -2.29. The van der Waals surface area contributed by atoms with E-state index in [0.29, 0.717) is 5.39 Å². The average Bonchev–Trinajstić information content (AvgIpc) is 2.63. The van der Waals surface area contributed by atoms with Gasteiger partial charge in [-0.2, -0.15) is 0 Å². The van der Waals surface area contributed by atoms with E-state index < -0.39 is 0 Å². The van der Waals surface area contributed by atoms with Gasteiger partial charge in [-0.3, -0.25) is 9.36 Å². The van der Waals surface area contributed by atoms with Crippen molar-refractivity contribution in [1.82, 2.24) is 14.9 Å². The molecule has 0 radical (unpaired) electrons. The van der Waals surface area contributed by atoms with Crippen LogP contribution in [0.2, 0.25) is 0 Å². The molecule has 5 nitrogen and oxygen atoms in total. The van der Waals surface area contributed by atoms with Gasteiger partial charge in [0.25, 0.3) is 5.56 Å². The molecular weight excluding hydrogens is 288 g/mol. The number of fused-ring (bicyclic) bond motifs is 1. The predicted octanol–water partition coefficient (Wildman–Crippen LogP) is 1.80.